The summed E-state index contributed by atoms with van der Waals surface area (Å²) < 4.78 is 26.9. The lowest BCUT2D eigenvalue weighted by molar-refractivity contribution is 0.0687. The molecule has 1 aromatic rings. The predicted octanol–water partition coefficient (Wildman–Crippen LogP) is 1.70. The maximum atomic E-state index is 12.2. The summed E-state index contributed by atoms with van der Waals surface area (Å²) in [6.07, 6.45) is 3.88. The number of carbonyl (C=O) groups is 1. The SMILES string of the molecule is CC1CCCCC1NS(=O)(=O)c1scnc1C(=O)O. The molecule has 19 heavy (non-hydrogen) atoms. The number of rotatable bonds is 4. The molecule has 106 valence electrons. The zero-order valence-electron chi connectivity index (χ0n) is 10.5. The van der Waals surface area contributed by atoms with Gasteiger partial charge in [0.15, 0.2) is 9.90 Å². The number of thiazole rings is 1. The Kier molecular flexibility index (Phi) is 4.22. The number of hydrogen-bond donors (Lipinski definition) is 2. The van der Waals surface area contributed by atoms with Gasteiger partial charge in [-0.05, 0) is 18.8 Å². The van der Waals surface area contributed by atoms with Crippen LogP contribution in [0.25, 0.3) is 0 Å². The normalized spacial score (nSPS) is 24.3. The molecular formula is C11H16N2O4S2. The van der Waals surface area contributed by atoms with Crippen molar-refractivity contribution in [3.63, 3.8) is 0 Å². The standard InChI is InChI=1S/C11H16N2O4S2/c1-7-4-2-3-5-8(7)13-19(16,17)11-9(10(14)15)12-6-18-11/h6-8,13H,2-5H2,1H3,(H,14,15). The molecule has 2 unspecified atom stereocenters. The van der Waals surface area contributed by atoms with E-state index in [1.54, 1.807) is 0 Å². The molecule has 1 saturated carbocycles. The minimum Gasteiger partial charge on any atom is -0.476 e. The summed E-state index contributed by atoms with van der Waals surface area (Å²) in [5, 5.41) is 8.93. The van der Waals surface area contributed by atoms with Crippen LogP contribution in [-0.4, -0.2) is 30.5 Å². The minimum atomic E-state index is -3.80. The molecule has 1 aliphatic rings. The molecule has 0 radical (unpaired) electrons. The van der Waals surface area contributed by atoms with E-state index in [2.05, 4.69) is 9.71 Å². The number of aromatic nitrogens is 1. The average molecular weight is 304 g/mol. The minimum absolute atomic E-state index is 0.123. The van der Waals surface area contributed by atoms with Gasteiger partial charge in [-0.2, -0.15) is 0 Å². The summed E-state index contributed by atoms with van der Waals surface area (Å²) in [6.45, 7) is 2.01. The summed E-state index contributed by atoms with van der Waals surface area (Å²) >= 11 is 0.832. The van der Waals surface area contributed by atoms with E-state index < -0.39 is 21.7 Å². The second-order valence-corrected chi connectivity index (χ2v) is 7.55. The Morgan fingerprint density at radius 3 is 2.79 bits per heavy atom. The van der Waals surface area contributed by atoms with Gasteiger partial charge in [-0.15, -0.1) is 11.3 Å². The van der Waals surface area contributed by atoms with Gasteiger partial charge in [0, 0.05) is 6.04 Å². The van der Waals surface area contributed by atoms with Crippen LogP contribution in [0, 0.1) is 5.92 Å². The first kappa shape index (κ1) is 14.4. The first-order chi connectivity index (χ1) is 8.92. The van der Waals surface area contributed by atoms with Crippen molar-refractivity contribution in [3.05, 3.63) is 11.2 Å². The van der Waals surface area contributed by atoms with Gasteiger partial charge in [0.25, 0.3) is 10.0 Å². The molecular weight excluding hydrogens is 288 g/mol. The van der Waals surface area contributed by atoms with Crippen LogP contribution < -0.4 is 4.72 Å². The molecule has 2 atom stereocenters. The second-order valence-electron chi connectivity index (χ2n) is 4.78. The van der Waals surface area contributed by atoms with Crippen LogP contribution in [0.4, 0.5) is 0 Å². The first-order valence-electron chi connectivity index (χ1n) is 6.11. The van der Waals surface area contributed by atoms with E-state index in [1.807, 2.05) is 6.92 Å². The van der Waals surface area contributed by atoms with Gasteiger partial charge in [-0.3, -0.25) is 0 Å². The van der Waals surface area contributed by atoms with Crippen LogP contribution in [0.15, 0.2) is 9.72 Å². The highest BCUT2D eigenvalue weighted by molar-refractivity contribution is 7.91. The fraction of sp³-hybridized carbons (Fsp3) is 0.636. The van der Waals surface area contributed by atoms with Crippen LogP contribution in [-0.2, 0) is 10.0 Å². The van der Waals surface area contributed by atoms with Crippen LogP contribution in [0.3, 0.4) is 0 Å². The zero-order valence-corrected chi connectivity index (χ0v) is 12.1. The maximum absolute atomic E-state index is 12.2. The maximum Gasteiger partial charge on any atom is 0.356 e. The first-order valence-corrected chi connectivity index (χ1v) is 8.47. The molecule has 0 aliphatic heterocycles. The highest BCUT2D eigenvalue weighted by Crippen LogP contribution is 2.27. The van der Waals surface area contributed by atoms with Gasteiger partial charge in [-0.1, -0.05) is 19.8 Å². The van der Waals surface area contributed by atoms with Crippen molar-refractivity contribution in [3.8, 4) is 0 Å². The molecule has 2 N–H and O–H groups in total. The van der Waals surface area contributed by atoms with Gasteiger partial charge in [0.2, 0.25) is 0 Å². The van der Waals surface area contributed by atoms with Crippen molar-refractivity contribution in [1.29, 1.82) is 0 Å². The van der Waals surface area contributed by atoms with Crippen molar-refractivity contribution in [2.75, 3.05) is 0 Å². The molecule has 0 aromatic carbocycles. The van der Waals surface area contributed by atoms with Gasteiger partial charge in [-0.25, -0.2) is 22.9 Å². The van der Waals surface area contributed by atoms with Gasteiger partial charge < -0.3 is 5.11 Å². The third-order valence-electron chi connectivity index (χ3n) is 3.40. The lowest BCUT2D eigenvalue weighted by Gasteiger charge is -2.28. The highest BCUT2D eigenvalue weighted by Gasteiger charge is 2.31. The molecule has 1 aliphatic carbocycles. The second kappa shape index (κ2) is 5.56. The molecule has 6 nitrogen and oxygen atoms in total. The summed E-state index contributed by atoms with van der Waals surface area (Å²) in [5.74, 6) is -1.05. The summed E-state index contributed by atoms with van der Waals surface area (Å²) in [4.78, 5) is 14.5. The number of hydrogen-bond acceptors (Lipinski definition) is 5. The number of carboxylic acid groups (broad SMARTS) is 1. The third-order valence-corrected chi connectivity index (χ3v) is 6.26. The number of carboxylic acids is 1. The Morgan fingerprint density at radius 1 is 1.47 bits per heavy atom. The summed E-state index contributed by atoms with van der Waals surface area (Å²) in [5.41, 5.74) is 0.837. The quantitative estimate of drug-likeness (QED) is 0.882. The predicted molar refractivity (Wildman–Crippen MR) is 70.8 cm³/mol. The Morgan fingerprint density at radius 2 is 2.16 bits per heavy atom. The van der Waals surface area contributed by atoms with E-state index in [1.165, 1.54) is 5.51 Å². The third kappa shape index (κ3) is 3.13. The lowest BCUT2D eigenvalue weighted by Crippen LogP contribution is -2.41. The van der Waals surface area contributed by atoms with E-state index in [0.717, 1.165) is 37.0 Å². The van der Waals surface area contributed by atoms with E-state index in [0.29, 0.717) is 0 Å². The van der Waals surface area contributed by atoms with Crippen molar-refractivity contribution in [2.24, 2.45) is 5.92 Å². The van der Waals surface area contributed by atoms with Crippen molar-refractivity contribution in [1.82, 2.24) is 9.71 Å². The Balaban J connectivity index is 2.22. The van der Waals surface area contributed by atoms with E-state index in [4.69, 9.17) is 5.11 Å². The van der Waals surface area contributed by atoms with E-state index in [9.17, 15) is 13.2 Å². The van der Waals surface area contributed by atoms with E-state index >= 15 is 0 Å². The molecule has 0 amide bonds. The molecule has 1 aromatic heterocycles. The Bertz CT molecular complexity index is 567. The molecule has 0 saturated heterocycles. The van der Waals surface area contributed by atoms with Crippen molar-refractivity contribution < 1.29 is 18.3 Å². The smallest absolute Gasteiger partial charge is 0.356 e. The molecule has 0 bridgehead atoms. The molecule has 8 heteroatoms. The van der Waals surface area contributed by atoms with Crippen LogP contribution in [0.5, 0.6) is 0 Å². The van der Waals surface area contributed by atoms with Crippen molar-refractivity contribution in [2.45, 2.75) is 42.9 Å². The Hall–Kier alpha value is -0.990. The number of nitrogens with one attached hydrogen (secondary N) is 1. The monoisotopic (exact) mass is 304 g/mol. The average Bonchev–Trinajstić information content (AvgIpc) is 2.82. The Labute approximate surface area is 115 Å². The molecule has 2 rings (SSSR count). The molecule has 1 heterocycles. The van der Waals surface area contributed by atoms with Gasteiger partial charge in [0.05, 0.1) is 5.51 Å². The number of nitrogens with zero attached hydrogens (tertiary/aromatic N) is 1. The molecule has 1 fully saturated rings. The van der Waals surface area contributed by atoms with Crippen molar-refractivity contribution >= 4 is 27.3 Å². The van der Waals surface area contributed by atoms with Crippen LogP contribution in [0.2, 0.25) is 0 Å². The largest absolute Gasteiger partial charge is 0.476 e. The summed E-state index contributed by atoms with van der Waals surface area (Å²) in [7, 11) is -3.80. The fourth-order valence-corrected chi connectivity index (χ4v) is 4.85. The van der Waals surface area contributed by atoms with Gasteiger partial charge >= 0.3 is 5.97 Å². The topological polar surface area (TPSA) is 96.4 Å². The fourth-order valence-electron chi connectivity index (χ4n) is 2.31. The van der Waals surface area contributed by atoms with Crippen LogP contribution in [0.1, 0.15) is 43.1 Å². The zero-order chi connectivity index (χ0) is 14.0. The number of sulfonamides is 1. The molecule has 0 spiro atoms. The van der Waals surface area contributed by atoms with Crippen LogP contribution >= 0.6 is 11.3 Å². The van der Waals surface area contributed by atoms with Gasteiger partial charge in [0.1, 0.15) is 0 Å². The highest BCUT2D eigenvalue weighted by atomic mass is 32.2. The lowest BCUT2D eigenvalue weighted by atomic mass is 9.87. The van der Waals surface area contributed by atoms with E-state index in [-0.39, 0.29) is 16.2 Å². The number of aromatic carboxylic acids is 1. The summed E-state index contributed by atoms with van der Waals surface area (Å²) in [6, 6.07) is -0.123.